The average molecular weight is 776 g/mol. The third-order valence-corrected chi connectivity index (χ3v) is 11.6. The van der Waals surface area contributed by atoms with Gasteiger partial charge in [0.05, 0.1) is 16.7 Å². The van der Waals surface area contributed by atoms with Gasteiger partial charge in [-0.1, -0.05) is 26.8 Å². The van der Waals surface area contributed by atoms with Gasteiger partial charge in [0, 0.05) is 23.4 Å². The number of pyridine rings is 1. The quantitative estimate of drug-likeness (QED) is 0.208. The summed E-state index contributed by atoms with van der Waals surface area (Å²) < 4.78 is 50.9. The summed E-state index contributed by atoms with van der Waals surface area (Å²) in [5.74, 6) is -0.807. The number of nitrogens with zero attached hydrogens (tertiary/aromatic N) is 2. The first-order valence-corrected chi connectivity index (χ1v) is 20.2. The Balaban J connectivity index is 1.48. The number of likely N-dealkylation sites (tertiary alicyclic amines) is 1. The number of carbonyl (C=O) groups is 4. The molecule has 3 N–H and O–H groups in total. The zero-order chi connectivity index (χ0) is 39.1. The first kappa shape index (κ1) is 39.9. The molecule has 1 aromatic carbocycles. The summed E-state index contributed by atoms with van der Waals surface area (Å²) in [6.45, 7) is 15.5. The lowest BCUT2D eigenvalue weighted by atomic mass is 9.85. The Bertz CT molecular complexity index is 1900. The summed E-state index contributed by atoms with van der Waals surface area (Å²) in [4.78, 5) is 61.9. The second-order valence-electron chi connectivity index (χ2n) is 15.8. The maximum Gasteiger partial charge on any atom is 0.408 e. The molecule has 1 saturated heterocycles. The zero-order valence-corrected chi connectivity index (χ0v) is 33.0. The molecule has 4 atom stereocenters. The van der Waals surface area contributed by atoms with Gasteiger partial charge in [0.25, 0.3) is 5.91 Å². The van der Waals surface area contributed by atoms with Crippen LogP contribution >= 0.6 is 11.8 Å². The van der Waals surface area contributed by atoms with Crippen molar-refractivity contribution in [1.82, 2.24) is 25.2 Å². The lowest BCUT2D eigenvalue weighted by molar-refractivity contribution is -0.143. The van der Waals surface area contributed by atoms with Crippen molar-refractivity contribution in [3.8, 4) is 17.4 Å². The number of hydrogen-bond donors (Lipinski definition) is 3. The number of hydrogen-bond acceptors (Lipinski definition) is 12. The van der Waals surface area contributed by atoms with Crippen molar-refractivity contribution in [3.63, 3.8) is 0 Å². The average Bonchev–Trinajstić information content (AvgIpc) is 3.66. The van der Waals surface area contributed by atoms with E-state index in [4.69, 9.17) is 18.9 Å². The van der Waals surface area contributed by atoms with E-state index in [1.807, 2.05) is 12.3 Å². The fourth-order valence-corrected chi connectivity index (χ4v) is 8.20. The molecule has 0 unspecified atom stereocenters. The second-order valence-corrected chi connectivity index (χ2v) is 18.6. The minimum absolute atomic E-state index is 0.0228. The number of carbonyl (C=O) groups excluding carboxylic acids is 4. The number of thioether (sulfide) groups is 1. The van der Waals surface area contributed by atoms with Crippen LogP contribution < -0.4 is 29.6 Å². The van der Waals surface area contributed by atoms with Crippen LogP contribution in [0.2, 0.25) is 0 Å². The Kier molecular flexibility index (Phi) is 11.2. The normalized spacial score (nSPS) is 20.3. The predicted molar refractivity (Wildman–Crippen MR) is 198 cm³/mol. The monoisotopic (exact) mass is 775 g/mol. The summed E-state index contributed by atoms with van der Waals surface area (Å²) in [6, 6.07) is 1.32. The van der Waals surface area contributed by atoms with Gasteiger partial charge in [-0.3, -0.25) is 19.1 Å². The highest BCUT2D eigenvalue weighted by Crippen LogP contribution is 2.47. The minimum atomic E-state index is -3.94. The van der Waals surface area contributed by atoms with Crippen LogP contribution in [0.15, 0.2) is 35.9 Å². The van der Waals surface area contributed by atoms with Crippen molar-refractivity contribution in [3.05, 3.63) is 31.0 Å². The molecule has 0 bridgehead atoms. The van der Waals surface area contributed by atoms with Gasteiger partial charge in [-0.05, 0) is 70.8 Å². The van der Waals surface area contributed by atoms with E-state index in [1.54, 1.807) is 53.8 Å². The van der Waals surface area contributed by atoms with Crippen LogP contribution in [0.25, 0.3) is 10.8 Å². The zero-order valence-electron chi connectivity index (χ0n) is 31.4. The van der Waals surface area contributed by atoms with Crippen molar-refractivity contribution in [2.24, 2.45) is 5.41 Å². The van der Waals surface area contributed by atoms with Gasteiger partial charge in [-0.2, -0.15) is 0 Å². The third kappa shape index (κ3) is 8.94. The molecule has 0 spiro atoms. The van der Waals surface area contributed by atoms with Crippen molar-refractivity contribution in [2.75, 3.05) is 19.6 Å². The maximum absolute atomic E-state index is 14.5. The van der Waals surface area contributed by atoms with E-state index in [1.165, 1.54) is 29.7 Å². The summed E-state index contributed by atoms with van der Waals surface area (Å²) in [7, 11) is -3.94. The lowest BCUT2D eigenvalue weighted by Crippen LogP contribution is -2.62. The van der Waals surface area contributed by atoms with E-state index in [-0.39, 0.29) is 32.1 Å². The molecule has 2 aromatic rings. The van der Waals surface area contributed by atoms with Crippen molar-refractivity contribution in [1.29, 1.82) is 0 Å². The van der Waals surface area contributed by atoms with Crippen molar-refractivity contribution in [2.45, 2.75) is 114 Å². The molecule has 15 nitrogen and oxygen atoms in total. The molecule has 290 valence electrons. The number of ether oxygens (including phenoxy) is 4. The van der Waals surface area contributed by atoms with Gasteiger partial charge in [0.2, 0.25) is 34.5 Å². The fraction of sp³-hybridized carbons (Fsp3) is 0.583. The topological polar surface area (TPSA) is 192 Å². The largest absolute Gasteiger partial charge is 0.472 e. The number of sulfonamides is 1. The van der Waals surface area contributed by atoms with Crippen LogP contribution in [-0.2, 0) is 29.1 Å². The first-order chi connectivity index (χ1) is 24.7. The number of amides is 4. The highest BCUT2D eigenvalue weighted by Gasteiger charge is 2.49. The van der Waals surface area contributed by atoms with Crippen LogP contribution in [0.5, 0.6) is 17.4 Å². The Morgan fingerprint density at radius 1 is 1.09 bits per heavy atom. The standard InChI is InChI=1S/C36H49N5O10S2/c1-10-14-36(8,32(44)40-53(46,47)21-11-12-21)39-29(42)24-16-20(18-41(24)31(43)28(34(2,3)4)38-33(45)51-35(5,6)7)50-30-23-17-25(52-9)27-26(48-19-49-27)22(23)13-15-37-30/h10,13,15,17,20-21,24,28H,1,11-12,14,16,18-19H2,2-9H3,(H,38,45)(H,39,42)(H,40,44)/t20-,24+,28-,36+/m1/s1. The van der Waals surface area contributed by atoms with Crippen LogP contribution in [-0.4, -0.2) is 96.3 Å². The fourth-order valence-electron chi connectivity index (χ4n) is 6.22. The van der Waals surface area contributed by atoms with Crippen LogP contribution in [0.3, 0.4) is 0 Å². The molecular weight excluding hydrogens is 727 g/mol. The van der Waals surface area contributed by atoms with E-state index in [0.29, 0.717) is 35.1 Å². The molecule has 1 saturated carbocycles. The highest BCUT2D eigenvalue weighted by atomic mass is 32.2. The Morgan fingerprint density at radius 3 is 2.38 bits per heavy atom. The third-order valence-electron chi connectivity index (χ3n) is 9.08. The van der Waals surface area contributed by atoms with E-state index in [0.717, 1.165) is 4.90 Å². The van der Waals surface area contributed by atoms with E-state index < -0.39 is 73.8 Å². The molecule has 2 fully saturated rings. The molecule has 5 rings (SSSR count). The molecule has 1 aliphatic carbocycles. The minimum Gasteiger partial charge on any atom is -0.472 e. The number of rotatable bonds is 12. The van der Waals surface area contributed by atoms with E-state index in [2.05, 4.69) is 26.9 Å². The summed E-state index contributed by atoms with van der Waals surface area (Å²) >= 11 is 1.47. The van der Waals surface area contributed by atoms with Gasteiger partial charge in [-0.25, -0.2) is 18.2 Å². The molecule has 0 radical (unpaired) electrons. The van der Waals surface area contributed by atoms with Crippen molar-refractivity contribution < 1.29 is 46.5 Å². The number of alkyl carbamates (subject to hydrolysis) is 1. The second kappa shape index (κ2) is 14.9. The molecule has 17 heteroatoms. The summed E-state index contributed by atoms with van der Waals surface area (Å²) in [6.07, 6.45) is 4.03. The van der Waals surface area contributed by atoms with Crippen molar-refractivity contribution >= 4 is 56.4 Å². The number of nitrogens with one attached hydrogen (secondary N) is 3. The molecule has 1 aromatic heterocycles. The smallest absolute Gasteiger partial charge is 0.408 e. The first-order valence-electron chi connectivity index (χ1n) is 17.4. The molecule has 3 heterocycles. The van der Waals surface area contributed by atoms with Gasteiger partial charge in [0.1, 0.15) is 29.3 Å². The Hall–Kier alpha value is -4.25. The lowest BCUT2D eigenvalue weighted by Gasteiger charge is -2.36. The molecule has 3 aliphatic rings. The summed E-state index contributed by atoms with van der Waals surface area (Å²) in [5.41, 5.74) is -3.41. The molecular formula is C36H49N5O10S2. The van der Waals surface area contributed by atoms with Gasteiger partial charge >= 0.3 is 6.09 Å². The summed E-state index contributed by atoms with van der Waals surface area (Å²) in [5, 5.41) is 6.09. The number of benzene rings is 1. The van der Waals surface area contributed by atoms with Crippen LogP contribution in [0, 0.1) is 5.41 Å². The maximum atomic E-state index is 14.5. The van der Waals surface area contributed by atoms with Gasteiger partial charge in [0.15, 0.2) is 11.5 Å². The van der Waals surface area contributed by atoms with E-state index in [9.17, 15) is 27.6 Å². The molecule has 4 amide bonds. The van der Waals surface area contributed by atoms with Gasteiger partial charge in [-0.15, -0.1) is 18.3 Å². The van der Waals surface area contributed by atoms with Gasteiger partial charge < -0.3 is 34.5 Å². The Morgan fingerprint density at radius 2 is 1.77 bits per heavy atom. The molecule has 2 aliphatic heterocycles. The van der Waals surface area contributed by atoms with E-state index >= 15 is 0 Å². The number of aromatic nitrogens is 1. The van der Waals surface area contributed by atoms with Crippen LogP contribution in [0.1, 0.15) is 74.1 Å². The van der Waals surface area contributed by atoms with Crippen LogP contribution in [0.4, 0.5) is 4.79 Å². The SMILES string of the molecule is C=CC[C@](C)(NC(=O)[C@@H]1C[C@@H](Oc2nccc3c4c(c(SC)cc23)OCO4)CN1C(=O)[C@@H](NC(=O)OC(C)(C)C)C(C)(C)C)C(=O)NS(=O)(=O)C1CC1. The number of fused-ring (bicyclic) bond motifs is 3. The Labute approximate surface area is 314 Å². The highest BCUT2D eigenvalue weighted by molar-refractivity contribution is 7.98. The predicted octanol–water partition coefficient (Wildman–Crippen LogP) is 4.03. The molecule has 53 heavy (non-hydrogen) atoms.